The van der Waals surface area contributed by atoms with Gasteiger partial charge in [-0.15, -0.1) is 0 Å². The molecule has 0 radical (unpaired) electrons. The highest BCUT2D eigenvalue weighted by molar-refractivity contribution is 6.24. The van der Waals surface area contributed by atoms with Crippen LogP contribution in [0.2, 0.25) is 0 Å². The van der Waals surface area contributed by atoms with Crippen LogP contribution in [0.1, 0.15) is 51.5 Å². The van der Waals surface area contributed by atoms with Crippen molar-refractivity contribution in [3.8, 4) is 0 Å². The quantitative estimate of drug-likeness (QED) is 0.722. The summed E-state index contributed by atoms with van der Waals surface area (Å²) in [6.07, 6.45) is 11.7. The average molecular weight is 447 g/mol. The molecule has 0 aromatic heterocycles. The van der Waals surface area contributed by atoms with E-state index in [1.54, 1.807) is 19.2 Å². The number of hydrogen-bond acceptors (Lipinski definition) is 5. The zero-order chi connectivity index (χ0) is 23.6. The molecule has 1 aromatic rings. The first-order valence-corrected chi connectivity index (χ1v) is 11.5. The topological polar surface area (TPSA) is 114 Å². The minimum Gasteiger partial charge on any atom is -0.369 e. The predicted octanol–water partition coefficient (Wildman–Crippen LogP) is 3.41. The van der Waals surface area contributed by atoms with Gasteiger partial charge in [-0.05, 0) is 31.9 Å². The number of fused-ring (bicyclic) bond motifs is 1. The van der Waals surface area contributed by atoms with Gasteiger partial charge in [0.05, 0.1) is 22.2 Å². The minimum absolute atomic E-state index is 0.0865. The van der Waals surface area contributed by atoms with E-state index in [0.29, 0.717) is 24.2 Å². The van der Waals surface area contributed by atoms with Gasteiger partial charge < -0.3 is 11.1 Å². The Morgan fingerprint density at radius 1 is 1.15 bits per heavy atom. The lowest BCUT2D eigenvalue weighted by Crippen LogP contribution is -2.52. The van der Waals surface area contributed by atoms with Crippen LogP contribution in [0.15, 0.2) is 58.6 Å². The first-order chi connectivity index (χ1) is 15.8. The second kappa shape index (κ2) is 8.89. The van der Waals surface area contributed by atoms with Crippen LogP contribution in [0.25, 0.3) is 0 Å². The number of amides is 2. The van der Waals surface area contributed by atoms with Crippen molar-refractivity contribution in [3.05, 3.63) is 54.1 Å². The standard InChI is InChI=1S/C26H30N4O3/c1-17(23(27)32)26(14-7-3-8-15-26)24(33)30-21-16-28-19-11-5-4-10-18(19)22(29-21)25(2)13-9-6-12-20(25)31/h4-6,9-13,16-17,21H,3,7-8,14-15H2,1-2H3,(H2,27,32)(H,30,33)/t17?,21-,25?/m1/s1. The molecule has 7 heteroatoms. The molecule has 2 amide bonds. The number of aliphatic imine (C=N–C) groups is 2. The van der Waals surface area contributed by atoms with Gasteiger partial charge in [-0.3, -0.25) is 24.4 Å². The van der Waals surface area contributed by atoms with Gasteiger partial charge in [-0.1, -0.05) is 62.6 Å². The smallest absolute Gasteiger partial charge is 0.228 e. The monoisotopic (exact) mass is 446 g/mol. The molecule has 33 heavy (non-hydrogen) atoms. The molecule has 2 unspecified atom stereocenters. The Balaban J connectivity index is 1.73. The number of carbonyl (C=O) groups is 3. The van der Waals surface area contributed by atoms with E-state index in [1.807, 2.05) is 43.3 Å². The highest BCUT2D eigenvalue weighted by Crippen LogP contribution is 2.43. The third-order valence-electron chi connectivity index (χ3n) is 7.31. The van der Waals surface area contributed by atoms with E-state index in [4.69, 9.17) is 10.7 Å². The van der Waals surface area contributed by atoms with E-state index in [2.05, 4.69) is 10.3 Å². The maximum Gasteiger partial charge on any atom is 0.228 e. The van der Waals surface area contributed by atoms with Crippen molar-refractivity contribution in [1.82, 2.24) is 5.32 Å². The van der Waals surface area contributed by atoms with E-state index < -0.39 is 28.8 Å². The second-order valence-electron chi connectivity index (χ2n) is 9.32. The Labute approximate surface area is 193 Å². The van der Waals surface area contributed by atoms with Gasteiger partial charge in [0, 0.05) is 17.7 Å². The van der Waals surface area contributed by atoms with Gasteiger partial charge in [0.25, 0.3) is 0 Å². The fraction of sp³-hybridized carbons (Fsp3) is 0.423. The van der Waals surface area contributed by atoms with Crippen molar-refractivity contribution in [2.45, 2.75) is 52.1 Å². The normalized spacial score (nSPS) is 26.7. The molecule has 3 aliphatic rings. The summed E-state index contributed by atoms with van der Waals surface area (Å²) in [7, 11) is 0. The summed E-state index contributed by atoms with van der Waals surface area (Å²) >= 11 is 0. The van der Waals surface area contributed by atoms with E-state index in [-0.39, 0.29) is 11.7 Å². The third-order valence-corrected chi connectivity index (χ3v) is 7.31. The summed E-state index contributed by atoms with van der Waals surface area (Å²) in [6, 6.07) is 7.50. The molecule has 172 valence electrons. The number of nitrogens with zero attached hydrogens (tertiary/aromatic N) is 2. The average Bonchev–Trinajstić information content (AvgIpc) is 3.01. The Kier molecular flexibility index (Phi) is 6.15. The number of hydrogen-bond donors (Lipinski definition) is 2. The first kappa shape index (κ1) is 22.8. The van der Waals surface area contributed by atoms with Crippen molar-refractivity contribution < 1.29 is 14.4 Å². The lowest BCUT2D eigenvalue weighted by Gasteiger charge is -2.39. The molecule has 4 rings (SSSR count). The van der Waals surface area contributed by atoms with Gasteiger partial charge in [0.15, 0.2) is 11.9 Å². The first-order valence-electron chi connectivity index (χ1n) is 11.5. The number of carbonyl (C=O) groups excluding carboxylic acids is 3. The Morgan fingerprint density at radius 2 is 1.88 bits per heavy atom. The van der Waals surface area contributed by atoms with E-state index in [0.717, 1.165) is 24.8 Å². The molecule has 1 aliphatic heterocycles. The number of benzene rings is 1. The number of nitrogens with one attached hydrogen (secondary N) is 1. The maximum absolute atomic E-state index is 13.6. The Bertz CT molecular complexity index is 1090. The van der Waals surface area contributed by atoms with Gasteiger partial charge in [0.2, 0.25) is 11.8 Å². The van der Waals surface area contributed by atoms with E-state index in [1.165, 1.54) is 6.08 Å². The van der Waals surface area contributed by atoms with Gasteiger partial charge in [0.1, 0.15) is 0 Å². The second-order valence-corrected chi connectivity index (χ2v) is 9.32. The minimum atomic E-state index is -0.982. The molecule has 1 aromatic carbocycles. The van der Waals surface area contributed by atoms with Crippen LogP contribution in [0.5, 0.6) is 0 Å². The number of nitrogens with two attached hydrogens (primary N) is 1. The van der Waals surface area contributed by atoms with Crippen molar-refractivity contribution in [1.29, 1.82) is 0 Å². The summed E-state index contributed by atoms with van der Waals surface area (Å²) in [6.45, 7) is 3.56. The van der Waals surface area contributed by atoms with Crippen LogP contribution in [-0.4, -0.2) is 35.7 Å². The molecule has 0 spiro atoms. The summed E-state index contributed by atoms with van der Waals surface area (Å²) < 4.78 is 0. The zero-order valence-electron chi connectivity index (χ0n) is 19.1. The number of ketones is 1. The van der Waals surface area contributed by atoms with Crippen LogP contribution in [0.3, 0.4) is 0 Å². The van der Waals surface area contributed by atoms with Crippen molar-refractivity contribution in [2.24, 2.45) is 32.5 Å². The fourth-order valence-corrected chi connectivity index (χ4v) is 5.09. The molecule has 3 atom stereocenters. The van der Waals surface area contributed by atoms with Crippen LogP contribution in [0, 0.1) is 16.7 Å². The highest BCUT2D eigenvalue weighted by Gasteiger charge is 2.47. The largest absolute Gasteiger partial charge is 0.369 e. The number of primary amides is 1. The van der Waals surface area contributed by atoms with Crippen LogP contribution in [-0.2, 0) is 14.4 Å². The third kappa shape index (κ3) is 4.08. The SMILES string of the molecule is CC(C(N)=O)C1(C(=O)N[C@@H]2C=Nc3ccccc3C(C3(C)C=CC=CC3=O)=N2)CCCCC1. The molecule has 0 bridgehead atoms. The van der Waals surface area contributed by atoms with Gasteiger partial charge in [-0.2, -0.15) is 0 Å². The molecule has 7 nitrogen and oxygen atoms in total. The molecule has 1 fully saturated rings. The van der Waals surface area contributed by atoms with Crippen molar-refractivity contribution in [2.75, 3.05) is 0 Å². The van der Waals surface area contributed by atoms with Crippen LogP contribution >= 0.6 is 0 Å². The molecule has 3 N–H and O–H groups in total. The molecule has 2 aliphatic carbocycles. The van der Waals surface area contributed by atoms with Crippen molar-refractivity contribution in [3.63, 3.8) is 0 Å². The predicted molar refractivity (Wildman–Crippen MR) is 128 cm³/mol. The lowest BCUT2D eigenvalue weighted by atomic mass is 9.65. The van der Waals surface area contributed by atoms with Crippen LogP contribution in [0.4, 0.5) is 5.69 Å². The highest BCUT2D eigenvalue weighted by atomic mass is 16.2. The summed E-state index contributed by atoms with van der Waals surface area (Å²) in [4.78, 5) is 48.0. The van der Waals surface area contributed by atoms with Gasteiger partial charge >= 0.3 is 0 Å². The molecule has 1 saturated carbocycles. The summed E-state index contributed by atoms with van der Waals surface area (Å²) in [5.41, 5.74) is 5.77. The summed E-state index contributed by atoms with van der Waals surface area (Å²) in [5, 5.41) is 3.00. The molecular formula is C26H30N4O3. The molecule has 1 heterocycles. The van der Waals surface area contributed by atoms with Crippen LogP contribution < -0.4 is 11.1 Å². The summed E-state index contributed by atoms with van der Waals surface area (Å²) in [5.74, 6) is -1.40. The number of rotatable bonds is 5. The van der Waals surface area contributed by atoms with Crippen molar-refractivity contribution >= 4 is 35.2 Å². The zero-order valence-corrected chi connectivity index (χ0v) is 19.1. The Morgan fingerprint density at radius 3 is 2.58 bits per heavy atom. The van der Waals surface area contributed by atoms with E-state index >= 15 is 0 Å². The number of allylic oxidation sites excluding steroid dienone is 4. The maximum atomic E-state index is 13.6. The number of para-hydroxylation sites is 1. The van der Waals surface area contributed by atoms with E-state index in [9.17, 15) is 14.4 Å². The molecule has 0 saturated heterocycles. The molecular weight excluding hydrogens is 416 g/mol. The Hall–Kier alpha value is -3.35. The lowest BCUT2D eigenvalue weighted by molar-refractivity contribution is -0.143. The van der Waals surface area contributed by atoms with Gasteiger partial charge in [-0.25, -0.2) is 0 Å². The fourth-order valence-electron chi connectivity index (χ4n) is 5.09.